The van der Waals surface area contributed by atoms with Gasteiger partial charge >= 0.3 is 6.18 Å². The van der Waals surface area contributed by atoms with Crippen molar-refractivity contribution in [2.24, 2.45) is 5.92 Å². The molecule has 0 aliphatic carbocycles. The van der Waals surface area contributed by atoms with Gasteiger partial charge < -0.3 is 15.4 Å². The van der Waals surface area contributed by atoms with Gasteiger partial charge in [0.2, 0.25) is 11.8 Å². The van der Waals surface area contributed by atoms with Crippen LogP contribution in [0.3, 0.4) is 0 Å². The van der Waals surface area contributed by atoms with Gasteiger partial charge in [0, 0.05) is 25.7 Å². The number of amides is 2. The molecule has 3 atom stereocenters. The van der Waals surface area contributed by atoms with Gasteiger partial charge in [-0.25, -0.2) is 0 Å². The third-order valence-corrected chi connectivity index (χ3v) is 6.68. The maximum Gasteiger partial charge on any atom is 0.389 e. The average Bonchev–Trinajstić information content (AvgIpc) is 2.96. The first-order valence-corrected chi connectivity index (χ1v) is 14.1. The Balaban J connectivity index is 2.25. The van der Waals surface area contributed by atoms with Crippen molar-refractivity contribution in [2.75, 3.05) is 6.61 Å². The highest BCUT2D eigenvalue weighted by molar-refractivity contribution is 5.94. The first kappa shape index (κ1) is 35.0. The smallest absolute Gasteiger partial charge is 0.389 e. The molecule has 2 amide bonds. The van der Waals surface area contributed by atoms with Gasteiger partial charge in [0.1, 0.15) is 12.4 Å². The number of alkyl halides is 3. The SMILES string of the molecule is C=CCOc1cccc(C[C@H](NC(C)=O)C(=O)C[C@@H](CCc2ccccc2)C(=O)N[C@@H](CC=C)C(=O)CCC(F)(F)F)c1. The number of hydrogen-bond donors (Lipinski definition) is 2. The van der Waals surface area contributed by atoms with Crippen LogP contribution >= 0.6 is 0 Å². The quantitative estimate of drug-likeness (QED) is 0.208. The zero-order valence-corrected chi connectivity index (χ0v) is 24.3. The van der Waals surface area contributed by atoms with Gasteiger partial charge in [-0.15, -0.1) is 6.58 Å². The molecule has 2 N–H and O–H groups in total. The highest BCUT2D eigenvalue weighted by atomic mass is 19.4. The molecule has 10 heteroatoms. The van der Waals surface area contributed by atoms with E-state index in [1.54, 1.807) is 30.3 Å². The van der Waals surface area contributed by atoms with Crippen LogP contribution in [0, 0.1) is 5.92 Å². The Hall–Kier alpha value is -4.21. The molecule has 2 aromatic rings. The summed E-state index contributed by atoms with van der Waals surface area (Å²) in [7, 11) is 0. The molecule has 0 aliphatic rings. The van der Waals surface area contributed by atoms with Crippen LogP contribution in [0.2, 0.25) is 0 Å². The molecule has 7 nitrogen and oxygen atoms in total. The second-order valence-corrected chi connectivity index (χ2v) is 10.3. The van der Waals surface area contributed by atoms with E-state index < -0.39 is 60.4 Å². The number of aryl methyl sites for hydroxylation is 1. The normalized spacial score (nSPS) is 13.2. The lowest BCUT2D eigenvalue weighted by molar-refractivity contribution is -0.144. The molecule has 0 heterocycles. The molecule has 0 aromatic heterocycles. The van der Waals surface area contributed by atoms with Crippen molar-refractivity contribution in [3.05, 3.63) is 91.0 Å². The van der Waals surface area contributed by atoms with Crippen LogP contribution in [0.5, 0.6) is 5.75 Å². The highest BCUT2D eigenvalue weighted by Crippen LogP contribution is 2.23. The third-order valence-electron chi connectivity index (χ3n) is 6.68. The van der Waals surface area contributed by atoms with Gasteiger partial charge in [0.05, 0.1) is 18.5 Å². The van der Waals surface area contributed by atoms with Crippen molar-refractivity contribution in [1.82, 2.24) is 10.6 Å². The molecular formula is C33H39F3N2O5. The molecule has 0 unspecified atom stereocenters. The second-order valence-electron chi connectivity index (χ2n) is 10.3. The van der Waals surface area contributed by atoms with Gasteiger partial charge in [-0.3, -0.25) is 19.2 Å². The van der Waals surface area contributed by atoms with E-state index in [1.807, 2.05) is 30.3 Å². The Bertz CT molecular complexity index is 1250. The summed E-state index contributed by atoms with van der Waals surface area (Å²) in [5.41, 5.74) is 1.65. The van der Waals surface area contributed by atoms with Crippen LogP contribution < -0.4 is 15.4 Å². The van der Waals surface area contributed by atoms with Crippen LogP contribution in [-0.2, 0) is 32.0 Å². The van der Waals surface area contributed by atoms with Crippen molar-refractivity contribution < 1.29 is 37.1 Å². The van der Waals surface area contributed by atoms with Crippen LogP contribution in [0.15, 0.2) is 79.9 Å². The minimum Gasteiger partial charge on any atom is -0.490 e. The topological polar surface area (TPSA) is 102 Å². The molecule has 2 rings (SSSR count). The van der Waals surface area contributed by atoms with Gasteiger partial charge in [0.15, 0.2) is 11.6 Å². The lowest BCUT2D eigenvalue weighted by atomic mass is 9.89. The summed E-state index contributed by atoms with van der Waals surface area (Å²) in [5.74, 6) is -2.57. The van der Waals surface area contributed by atoms with E-state index >= 15 is 0 Å². The molecule has 0 aliphatic heterocycles. The number of halogens is 3. The number of carbonyl (C=O) groups is 4. The first-order valence-electron chi connectivity index (χ1n) is 14.1. The van der Waals surface area contributed by atoms with Crippen molar-refractivity contribution in [2.45, 2.75) is 70.1 Å². The number of benzene rings is 2. The summed E-state index contributed by atoms with van der Waals surface area (Å²) in [4.78, 5) is 51.6. The van der Waals surface area contributed by atoms with Crippen molar-refractivity contribution >= 4 is 23.4 Å². The number of ether oxygens (including phenoxy) is 1. The molecule has 232 valence electrons. The predicted molar refractivity (Wildman–Crippen MR) is 158 cm³/mol. The maximum atomic E-state index is 13.6. The number of ketones is 2. The highest BCUT2D eigenvalue weighted by Gasteiger charge is 2.32. The van der Waals surface area contributed by atoms with E-state index in [1.165, 1.54) is 13.0 Å². The number of carbonyl (C=O) groups excluding carboxylic acids is 4. The standard InChI is InChI=1S/C33H39F3N2O5/c1-4-10-28(30(40)17-18-33(34,35)36)38-32(42)26(16-15-24-11-7-6-8-12-24)22-31(41)29(37-23(3)39)21-25-13-9-14-27(20-25)43-19-5-2/h4-9,11-14,20,26,28-29H,1-2,10,15-19,21-22H2,3H3,(H,37,39)(H,38,42)/t26-,28+,29+/m1/s1. The van der Waals surface area contributed by atoms with Crippen molar-refractivity contribution in [3.8, 4) is 5.75 Å². The number of hydrogen-bond acceptors (Lipinski definition) is 5. The fraction of sp³-hybridized carbons (Fsp3) is 0.394. The van der Waals surface area contributed by atoms with Gasteiger partial charge in [0.25, 0.3) is 0 Å². The summed E-state index contributed by atoms with van der Waals surface area (Å²) < 4.78 is 43.7. The largest absolute Gasteiger partial charge is 0.490 e. The monoisotopic (exact) mass is 600 g/mol. The summed E-state index contributed by atoms with van der Waals surface area (Å²) in [6.45, 7) is 8.74. The van der Waals surface area contributed by atoms with Gasteiger partial charge in [-0.2, -0.15) is 13.2 Å². The summed E-state index contributed by atoms with van der Waals surface area (Å²) >= 11 is 0. The summed E-state index contributed by atoms with van der Waals surface area (Å²) in [6, 6.07) is 14.2. The minimum absolute atomic E-state index is 0.0550. The summed E-state index contributed by atoms with van der Waals surface area (Å²) in [5, 5.41) is 5.23. The lowest BCUT2D eigenvalue weighted by Crippen LogP contribution is -2.46. The van der Waals surface area contributed by atoms with Crippen molar-refractivity contribution in [1.29, 1.82) is 0 Å². The van der Waals surface area contributed by atoms with Crippen LogP contribution in [0.1, 0.15) is 50.2 Å². The number of rotatable bonds is 19. The molecule has 0 radical (unpaired) electrons. The Labute approximate surface area is 250 Å². The average molecular weight is 601 g/mol. The van der Waals surface area contributed by atoms with E-state index in [4.69, 9.17) is 4.74 Å². The fourth-order valence-electron chi connectivity index (χ4n) is 4.51. The Morgan fingerprint density at radius 1 is 0.907 bits per heavy atom. The molecule has 0 saturated heterocycles. The molecule has 2 aromatic carbocycles. The second kappa shape index (κ2) is 17.7. The maximum absolute atomic E-state index is 13.6. The minimum atomic E-state index is -4.51. The van der Waals surface area contributed by atoms with E-state index in [2.05, 4.69) is 23.8 Å². The van der Waals surface area contributed by atoms with Crippen LogP contribution in [0.4, 0.5) is 13.2 Å². The Kier molecular flexibility index (Phi) is 14.4. The molecular weight excluding hydrogens is 561 g/mol. The molecule has 0 saturated carbocycles. The van der Waals surface area contributed by atoms with E-state index in [9.17, 15) is 32.3 Å². The molecule has 0 spiro atoms. The summed E-state index contributed by atoms with van der Waals surface area (Å²) in [6.07, 6.45) is -3.15. The van der Waals surface area contributed by atoms with Crippen LogP contribution in [0.25, 0.3) is 0 Å². The fourth-order valence-corrected chi connectivity index (χ4v) is 4.51. The van der Waals surface area contributed by atoms with E-state index in [0.29, 0.717) is 18.8 Å². The third kappa shape index (κ3) is 13.5. The van der Waals surface area contributed by atoms with E-state index in [-0.39, 0.29) is 25.7 Å². The Morgan fingerprint density at radius 3 is 2.23 bits per heavy atom. The molecule has 43 heavy (non-hydrogen) atoms. The van der Waals surface area contributed by atoms with Gasteiger partial charge in [-0.05, 0) is 48.9 Å². The number of Topliss-reactive ketones (excluding diaryl/α,β-unsaturated/α-hetero) is 2. The predicted octanol–water partition coefficient (Wildman–Crippen LogP) is 5.48. The Morgan fingerprint density at radius 2 is 1.60 bits per heavy atom. The van der Waals surface area contributed by atoms with E-state index in [0.717, 1.165) is 11.1 Å². The first-order chi connectivity index (χ1) is 20.4. The van der Waals surface area contributed by atoms with Crippen molar-refractivity contribution in [3.63, 3.8) is 0 Å². The zero-order valence-electron chi connectivity index (χ0n) is 24.3. The lowest BCUT2D eigenvalue weighted by Gasteiger charge is -2.24. The zero-order chi connectivity index (χ0) is 31.8. The van der Waals surface area contributed by atoms with Gasteiger partial charge in [-0.1, -0.05) is 61.2 Å². The van der Waals surface area contributed by atoms with Crippen LogP contribution in [-0.4, -0.2) is 48.2 Å². The molecule has 0 bridgehead atoms. The number of nitrogens with one attached hydrogen (secondary N) is 2. The molecule has 0 fully saturated rings.